The van der Waals surface area contributed by atoms with Gasteiger partial charge in [-0.25, -0.2) is 9.78 Å². The lowest BCUT2D eigenvalue weighted by atomic mass is 10.0. The van der Waals surface area contributed by atoms with Crippen LogP contribution >= 0.6 is 0 Å². The molecule has 2 aromatic rings. The van der Waals surface area contributed by atoms with Crippen molar-refractivity contribution in [3.8, 4) is 0 Å². The van der Waals surface area contributed by atoms with Gasteiger partial charge in [0.25, 0.3) is 0 Å². The first-order valence-electron chi connectivity index (χ1n) is 7.41. The summed E-state index contributed by atoms with van der Waals surface area (Å²) < 4.78 is 0. The Kier molecular flexibility index (Phi) is 5.14. The average molecular weight is 303 g/mol. The second kappa shape index (κ2) is 7.06. The number of aromatic amines is 1. The average Bonchev–Trinajstić information content (AvgIpc) is 2.86. The molecule has 6 nitrogen and oxygen atoms in total. The van der Waals surface area contributed by atoms with Gasteiger partial charge in [0.05, 0.1) is 11.0 Å². The van der Waals surface area contributed by atoms with E-state index in [-0.39, 0.29) is 18.2 Å². The van der Waals surface area contributed by atoms with Crippen molar-refractivity contribution in [2.45, 2.75) is 39.2 Å². The number of rotatable bonds is 7. The zero-order chi connectivity index (χ0) is 16.1. The molecule has 0 aliphatic carbocycles. The Bertz CT molecular complexity index is 630. The van der Waals surface area contributed by atoms with Crippen LogP contribution in [0.4, 0.5) is 0 Å². The van der Waals surface area contributed by atoms with Crippen LogP contribution in [0.2, 0.25) is 0 Å². The van der Waals surface area contributed by atoms with E-state index in [0.29, 0.717) is 12.8 Å². The maximum Gasteiger partial charge on any atom is 0.326 e. The van der Waals surface area contributed by atoms with Gasteiger partial charge in [-0.15, -0.1) is 0 Å². The van der Waals surface area contributed by atoms with E-state index in [2.05, 4.69) is 15.3 Å². The molecule has 1 unspecified atom stereocenters. The van der Waals surface area contributed by atoms with Gasteiger partial charge < -0.3 is 15.4 Å². The Morgan fingerprint density at radius 3 is 2.68 bits per heavy atom. The highest BCUT2D eigenvalue weighted by molar-refractivity contribution is 5.83. The molecule has 0 radical (unpaired) electrons. The largest absolute Gasteiger partial charge is 0.480 e. The number of aromatic nitrogens is 2. The van der Waals surface area contributed by atoms with Crippen molar-refractivity contribution < 1.29 is 14.7 Å². The number of carboxylic acid groups (broad SMARTS) is 1. The van der Waals surface area contributed by atoms with E-state index >= 15 is 0 Å². The van der Waals surface area contributed by atoms with E-state index in [1.165, 1.54) is 0 Å². The first kappa shape index (κ1) is 16.0. The molecule has 0 saturated heterocycles. The summed E-state index contributed by atoms with van der Waals surface area (Å²) in [5, 5.41) is 11.7. The maximum atomic E-state index is 11.9. The number of para-hydroxylation sites is 2. The molecule has 0 saturated carbocycles. The fourth-order valence-corrected chi connectivity index (χ4v) is 2.32. The van der Waals surface area contributed by atoms with Crippen molar-refractivity contribution in [2.24, 2.45) is 5.92 Å². The van der Waals surface area contributed by atoms with Gasteiger partial charge >= 0.3 is 5.97 Å². The molecule has 2 rings (SSSR count). The molecule has 1 heterocycles. The van der Waals surface area contributed by atoms with Gasteiger partial charge in [0.15, 0.2) is 0 Å². The highest BCUT2D eigenvalue weighted by atomic mass is 16.4. The van der Waals surface area contributed by atoms with Gasteiger partial charge in [-0.05, 0) is 24.5 Å². The quantitative estimate of drug-likeness (QED) is 0.730. The first-order valence-corrected chi connectivity index (χ1v) is 7.41. The summed E-state index contributed by atoms with van der Waals surface area (Å²) >= 11 is 0. The highest BCUT2D eigenvalue weighted by Crippen LogP contribution is 2.11. The molecule has 1 aromatic heterocycles. The van der Waals surface area contributed by atoms with E-state index in [1.807, 2.05) is 38.1 Å². The number of carboxylic acids is 1. The molecule has 0 spiro atoms. The Balaban J connectivity index is 1.90. The predicted octanol–water partition coefficient (Wildman–Crippen LogP) is 2.11. The Morgan fingerprint density at radius 2 is 2.05 bits per heavy atom. The molecule has 0 aliphatic heterocycles. The molecule has 118 valence electrons. The Labute approximate surface area is 128 Å². The van der Waals surface area contributed by atoms with Gasteiger partial charge in [0, 0.05) is 12.8 Å². The van der Waals surface area contributed by atoms with Crippen LogP contribution < -0.4 is 5.32 Å². The fraction of sp³-hybridized carbons (Fsp3) is 0.438. The molecule has 1 aromatic carbocycles. The molecule has 22 heavy (non-hydrogen) atoms. The SMILES string of the molecule is CC(C)CC(NC(=O)CCc1nc2ccccc2[nH]1)C(=O)O. The van der Waals surface area contributed by atoms with Crippen molar-refractivity contribution in [3.05, 3.63) is 30.1 Å². The molecule has 0 fully saturated rings. The number of imidazole rings is 1. The third-order valence-electron chi connectivity index (χ3n) is 3.37. The number of nitrogens with one attached hydrogen (secondary N) is 2. The predicted molar refractivity (Wildman–Crippen MR) is 83.4 cm³/mol. The highest BCUT2D eigenvalue weighted by Gasteiger charge is 2.20. The van der Waals surface area contributed by atoms with E-state index in [4.69, 9.17) is 5.11 Å². The maximum absolute atomic E-state index is 11.9. The number of hydrogen-bond acceptors (Lipinski definition) is 3. The van der Waals surface area contributed by atoms with Gasteiger partial charge in [-0.2, -0.15) is 0 Å². The summed E-state index contributed by atoms with van der Waals surface area (Å²) in [4.78, 5) is 30.6. The number of nitrogens with zero attached hydrogens (tertiary/aromatic N) is 1. The number of aryl methyl sites for hydroxylation is 1. The third-order valence-corrected chi connectivity index (χ3v) is 3.37. The van der Waals surface area contributed by atoms with E-state index < -0.39 is 12.0 Å². The zero-order valence-electron chi connectivity index (χ0n) is 12.8. The minimum atomic E-state index is -0.995. The van der Waals surface area contributed by atoms with E-state index in [1.54, 1.807) is 0 Å². The van der Waals surface area contributed by atoms with Crippen molar-refractivity contribution >= 4 is 22.9 Å². The van der Waals surface area contributed by atoms with Gasteiger partial charge in [0.1, 0.15) is 11.9 Å². The third kappa shape index (κ3) is 4.31. The fourth-order valence-electron chi connectivity index (χ4n) is 2.32. The lowest BCUT2D eigenvalue weighted by Crippen LogP contribution is -2.41. The summed E-state index contributed by atoms with van der Waals surface area (Å²) in [5.41, 5.74) is 1.79. The van der Waals surface area contributed by atoms with Crippen molar-refractivity contribution in [3.63, 3.8) is 0 Å². The number of H-pyrrole nitrogens is 1. The van der Waals surface area contributed by atoms with Crippen molar-refractivity contribution in [2.75, 3.05) is 0 Å². The summed E-state index contributed by atoms with van der Waals surface area (Å²) in [7, 11) is 0. The second-order valence-electron chi connectivity index (χ2n) is 5.79. The zero-order valence-corrected chi connectivity index (χ0v) is 12.8. The van der Waals surface area contributed by atoms with Crippen LogP contribution in [0.3, 0.4) is 0 Å². The molecule has 3 N–H and O–H groups in total. The minimum Gasteiger partial charge on any atom is -0.480 e. The smallest absolute Gasteiger partial charge is 0.326 e. The summed E-state index contributed by atoms with van der Waals surface area (Å²) in [5.74, 6) is -0.330. The van der Waals surface area contributed by atoms with Crippen LogP contribution in [0, 0.1) is 5.92 Å². The number of hydrogen-bond donors (Lipinski definition) is 3. The number of carbonyl (C=O) groups is 2. The number of amides is 1. The first-order chi connectivity index (χ1) is 10.5. The Hall–Kier alpha value is -2.37. The summed E-state index contributed by atoms with van der Waals surface area (Å²) in [6.07, 6.45) is 1.09. The van der Waals surface area contributed by atoms with Crippen LogP contribution in [-0.2, 0) is 16.0 Å². The molecule has 6 heteroatoms. The lowest BCUT2D eigenvalue weighted by Gasteiger charge is -2.16. The van der Waals surface area contributed by atoms with Crippen LogP contribution in [0.1, 0.15) is 32.5 Å². The van der Waals surface area contributed by atoms with Crippen LogP contribution in [0.15, 0.2) is 24.3 Å². The van der Waals surface area contributed by atoms with Crippen LogP contribution in [0.25, 0.3) is 11.0 Å². The molecular weight excluding hydrogens is 282 g/mol. The number of aliphatic carboxylic acids is 1. The van der Waals surface area contributed by atoms with Gasteiger partial charge in [-0.3, -0.25) is 4.79 Å². The van der Waals surface area contributed by atoms with E-state index in [9.17, 15) is 9.59 Å². The Morgan fingerprint density at radius 1 is 1.32 bits per heavy atom. The van der Waals surface area contributed by atoms with Gasteiger partial charge in [-0.1, -0.05) is 26.0 Å². The van der Waals surface area contributed by atoms with Crippen molar-refractivity contribution in [1.29, 1.82) is 0 Å². The van der Waals surface area contributed by atoms with Crippen LogP contribution in [-0.4, -0.2) is 33.0 Å². The van der Waals surface area contributed by atoms with Crippen molar-refractivity contribution in [1.82, 2.24) is 15.3 Å². The molecule has 0 aliphatic rings. The lowest BCUT2D eigenvalue weighted by molar-refractivity contribution is -0.142. The number of benzene rings is 1. The second-order valence-corrected chi connectivity index (χ2v) is 5.79. The number of carbonyl (C=O) groups excluding carboxylic acids is 1. The minimum absolute atomic E-state index is 0.205. The summed E-state index contributed by atoms with van der Waals surface area (Å²) in [6, 6.07) is 6.82. The number of fused-ring (bicyclic) bond motifs is 1. The standard InChI is InChI=1S/C16H21N3O3/c1-10(2)9-13(16(21)22)19-15(20)8-7-14-17-11-5-3-4-6-12(11)18-14/h3-6,10,13H,7-9H2,1-2H3,(H,17,18)(H,19,20)(H,21,22). The molecule has 1 atom stereocenters. The summed E-state index contributed by atoms with van der Waals surface area (Å²) in [6.45, 7) is 3.85. The molecular formula is C16H21N3O3. The topological polar surface area (TPSA) is 95.1 Å². The monoisotopic (exact) mass is 303 g/mol. The van der Waals surface area contributed by atoms with Crippen LogP contribution in [0.5, 0.6) is 0 Å². The van der Waals surface area contributed by atoms with Gasteiger partial charge in [0.2, 0.25) is 5.91 Å². The normalized spacial score (nSPS) is 12.5. The molecule has 1 amide bonds. The molecule has 0 bridgehead atoms. The van der Waals surface area contributed by atoms with E-state index in [0.717, 1.165) is 16.9 Å².